The molecule has 2 aromatic rings. The van der Waals surface area contributed by atoms with Crippen LogP contribution in [0.5, 0.6) is 0 Å². The second kappa shape index (κ2) is 9.15. The summed E-state index contributed by atoms with van der Waals surface area (Å²) in [5, 5.41) is 2.84. The highest BCUT2D eigenvalue weighted by Crippen LogP contribution is 2.35. The number of benzene rings is 2. The van der Waals surface area contributed by atoms with E-state index >= 15 is 0 Å². The number of thioether (sulfide) groups is 1. The minimum absolute atomic E-state index is 0.00944. The van der Waals surface area contributed by atoms with Gasteiger partial charge in [-0.25, -0.2) is 8.42 Å². The van der Waals surface area contributed by atoms with Crippen LogP contribution in [-0.4, -0.2) is 44.0 Å². The highest BCUT2D eigenvalue weighted by Gasteiger charge is 2.30. The standard InChI is InChI=1S/C23H27N3O4S2/c1-15-5-6-16(2)19(11-15)25-32(29,30)18-7-8-21-20(13-18)24-23(28)17(14-31-21)12-22(27)26-9-3-4-10-26/h5-8,11,13,17,25H,3-4,9-10,12,14H2,1-2H3,(H,24,28)/t17-/m0/s1. The van der Waals surface area contributed by atoms with Crippen molar-refractivity contribution in [1.29, 1.82) is 0 Å². The summed E-state index contributed by atoms with van der Waals surface area (Å²) in [5.41, 5.74) is 2.76. The number of rotatable bonds is 5. The quantitative estimate of drug-likeness (QED) is 0.689. The number of sulfonamides is 1. The van der Waals surface area contributed by atoms with Crippen molar-refractivity contribution in [3.05, 3.63) is 47.5 Å². The molecule has 170 valence electrons. The molecule has 0 radical (unpaired) electrons. The SMILES string of the molecule is Cc1ccc(C)c(NS(=O)(=O)c2ccc3c(c2)NC(=O)[C@@H](CC(=O)N2CCCC2)CS3)c1. The Balaban J connectivity index is 1.51. The highest BCUT2D eigenvalue weighted by atomic mass is 32.2. The van der Waals surface area contributed by atoms with E-state index in [1.165, 1.54) is 17.8 Å². The normalized spacial score (nSPS) is 18.6. The third kappa shape index (κ3) is 4.94. The third-order valence-corrected chi connectivity index (χ3v) is 8.45. The van der Waals surface area contributed by atoms with Gasteiger partial charge in [0.2, 0.25) is 11.8 Å². The maximum atomic E-state index is 13.0. The van der Waals surface area contributed by atoms with Crippen LogP contribution in [0.3, 0.4) is 0 Å². The van der Waals surface area contributed by atoms with Crippen LogP contribution in [0.25, 0.3) is 0 Å². The van der Waals surface area contributed by atoms with Gasteiger partial charge in [-0.2, -0.15) is 0 Å². The minimum atomic E-state index is -3.83. The molecular weight excluding hydrogens is 446 g/mol. The van der Waals surface area contributed by atoms with Gasteiger partial charge in [0.05, 0.1) is 22.2 Å². The largest absolute Gasteiger partial charge is 0.343 e. The molecule has 2 aliphatic heterocycles. The average Bonchev–Trinajstić information content (AvgIpc) is 3.24. The first-order chi connectivity index (χ1) is 15.2. The van der Waals surface area contributed by atoms with Crippen molar-refractivity contribution in [2.24, 2.45) is 5.92 Å². The summed E-state index contributed by atoms with van der Waals surface area (Å²) in [5.74, 6) is -0.213. The van der Waals surface area contributed by atoms with Crippen molar-refractivity contribution >= 4 is 45.0 Å². The van der Waals surface area contributed by atoms with E-state index in [2.05, 4.69) is 10.0 Å². The second-order valence-electron chi connectivity index (χ2n) is 8.37. The summed E-state index contributed by atoms with van der Waals surface area (Å²) in [6, 6.07) is 10.3. The van der Waals surface area contributed by atoms with Crippen LogP contribution in [0, 0.1) is 19.8 Å². The molecule has 0 unspecified atom stereocenters. The Morgan fingerprint density at radius 3 is 2.66 bits per heavy atom. The molecule has 1 fully saturated rings. The lowest BCUT2D eigenvalue weighted by atomic mass is 10.1. The first-order valence-corrected chi connectivity index (χ1v) is 13.2. The lowest BCUT2D eigenvalue weighted by Crippen LogP contribution is -2.33. The predicted octanol–water partition coefficient (Wildman–Crippen LogP) is 3.78. The molecule has 2 N–H and O–H groups in total. The molecule has 4 rings (SSSR count). The monoisotopic (exact) mass is 473 g/mol. The zero-order chi connectivity index (χ0) is 22.9. The molecule has 1 saturated heterocycles. The van der Waals surface area contributed by atoms with Crippen LogP contribution in [0.15, 0.2) is 46.2 Å². The maximum Gasteiger partial charge on any atom is 0.261 e. The first-order valence-electron chi connectivity index (χ1n) is 10.7. The summed E-state index contributed by atoms with van der Waals surface area (Å²) < 4.78 is 28.6. The van der Waals surface area contributed by atoms with Crippen molar-refractivity contribution in [2.45, 2.75) is 42.9 Å². The van der Waals surface area contributed by atoms with Crippen LogP contribution >= 0.6 is 11.8 Å². The number of carbonyl (C=O) groups is 2. The minimum Gasteiger partial charge on any atom is -0.343 e. The summed E-state index contributed by atoms with van der Waals surface area (Å²) in [4.78, 5) is 28.0. The van der Waals surface area contributed by atoms with E-state index in [0.29, 0.717) is 17.1 Å². The Bertz CT molecular complexity index is 1160. The Morgan fingerprint density at radius 1 is 1.16 bits per heavy atom. The lowest BCUT2D eigenvalue weighted by molar-refractivity contribution is -0.133. The van der Waals surface area contributed by atoms with Gasteiger partial charge in [0.15, 0.2) is 0 Å². The number of aryl methyl sites for hydroxylation is 2. The van der Waals surface area contributed by atoms with Crippen LogP contribution in [0.2, 0.25) is 0 Å². The summed E-state index contributed by atoms with van der Waals surface area (Å²) in [6.07, 6.45) is 2.19. The Kier molecular flexibility index (Phi) is 6.48. The molecule has 2 amide bonds. The molecule has 2 aliphatic rings. The van der Waals surface area contributed by atoms with E-state index in [4.69, 9.17) is 0 Å². The second-order valence-corrected chi connectivity index (χ2v) is 11.1. The van der Waals surface area contributed by atoms with Crippen molar-refractivity contribution in [1.82, 2.24) is 4.90 Å². The van der Waals surface area contributed by atoms with Crippen molar-refractivity contribution in [3.63, 3.8) is 0 Å². The fourth-order valence-electron chi connectivity index (χ4n) is 3.91. The van der Waals surface area contributed by atoms with Crippen LogP contribution in [-0.2, 0) is 19.6 Å². The van der Waals surface area contributed by atoms with Crippen molar-refractivity contribution in [3.8, 4) is 0 Å². The van der Waals surface area contributed by atoms with E-state index in [1.807, 2.05) is 30.9 Å². The number of nitrogens with zero attached hydrogens (tertiary/aromatic N) is 1. The van der Waals surface area contributed by atoms with Gasteiger partial charge in [0.25, 0.3) is 10.0 Å². The predicted molar refractivity (Wildman–Crippen MR) is 126 cm³/mol. The van der Waals surface area contributed by atoms with E-state index in [0.717, 1.165) is 42.0 Å². The molecule has 0 spiro atoms. The lowest BCUT2D eigenvalue weighted by Gasteiger charge is -2.18. The van der Waals surface area contributed by atoms with Gasteiger partial charge in [0.1, 0.15) is 0 Å². The number of fused-ring (bicyclic) bond motifs is 1. The molecule has 9 heteroatoms. The van der Waals surface area contributed by atoms with Gasteiger partial charge < -0.3 is 10.2 Å². The smallest absolute Gasteiger partial charge is 0.261 e. The number of hydrogen-bond acceptors (Lipinski definition) is 5. The van der Waals surface area contributed by atoms with E-state index in [1.54, 1.807) is 18.2 Å². The molecule has 32 heavy (non-hydrogen) atoms. The van der Waals surface area contributed by atoms with Crippen LogP contribution in [0.4, 0.5) is 11.4 Å². The molecule has 2 aromatic carbocycles. The number of likely N-dealkylation sites (tertiary alicyclic amines) is 1. The van der Waals surface area contributed by atoms with Crippen LogP contribution in [0.1, 0.15) is 30.4 Å². The molecule has 2 heterocycles. The molecular formula is C23H27N3O4S2. The maximum absolute atomic E-state index is 13.0. The zero-order valence-corrected chi connectivity index (χ0v) is 19.8. The average molecular weight is 474 g/mol. The summed E-state index contributed by atoms with van der Waals surface area (Å²) in [6.45, 7) is 5.26. The molecule has 0 saturated carbocycles. The number of carbonyl (C=O) groups excluding carboxylic acids is 2. The van der Waals surface area contributed by atoms with Crippen molar-refractivity contribution in [2.75, 3.05) is 28.9 Å². The van der Waals surface area contributed by atoms with Gasteiger partial charge >= 0.3 is 0 Å². The number of hydrogen-bond donors (Lipinski definition) is 2. The number of amides is 2. The fraction of sp³-hybridized carbons (Fsp3) is 0.391. The Labute approximate surface area is 193 Å². The molecule has 7 nitrogen and oxygen atoms in total. The van der Waals surface area contributed by atoms with Crippen LogP contribution < -0.4 is 10.0 Å². The zero-order valence-electron chi connectivity index (χ0n) is 18.2. The molecule has 0 aliphatic carbocycles. The van der Waals surface area contributed by atoms with Gasteiger partial charge in [-0.15, -0.1) is 11.8 Å². The van der Waals surface area contributed by atoms with Gasteiger partial charge in [-0.1, -0.05) is 12.1 Å². The van der Waals surface area contributed by atoms with Gasteiger partial charge in [-0.3, -0.25) is 14.3 Å². The van der Waals surface area contributed by atoms with E-state index in [9.17, 15) is 18.0 Å². The summed E-state index contributed by atoms with van der Waals surface area (Å²) >= 11 is 1.46. The topological polar surface area (TPSA) is 95.6 Å². The summed E-state index contributed by atoms with van der Waals surface area (Å²) in [7, 11) is -3.83. The number of anilines is 2. The molecule has 0 bridgehead atoms. The Morgan fingerprint density at radius 2 is 1.91 bits per heavy atom. The van der Waals surface area contributed by atoms with Gasteiger partial charge in [-0.05, 0) is 62.1 Å². The third-order valence-electron chi connectivity index (χ3n) is 5.85. The molecule has 1 atom stereocenters. The van der Waals surface area contributed by atoms with Crippen molar-refractivity contribution < 1.29 is 18.0 Å². The first kappa shape index (κ1) is 22.7. The highest BCUT2D eigenvalue weighted by molar-refractivity contribution is 7.99. The fourth-order valence-corrected chi connectivity index (χ4v) is 6.14. The van der Waals surface area contributed by atoms with E-state index in [-0.39, 0.29) is 23.1 Å². The number of nitrogens with one attached hydrogen (secondary N) is 2. The molecule has 0 aromatic heterocycles. The van der Waals surface area contributed by atoms with E-state index < -0.39 is 15.9 Å². The van der Waals surface area contributed by atoms with Gasteiger partial charge in [0, 0.05) is 30.2 Å². The Hall–Kier alpha value is -2.52.